The second-order valence-corrected chi connectivity index (χ2v) is 6.39. The molecule has 0 atom stereocenters. The van der Waals surface area contributed by atoms with Gasteiger partial charge in [-0.25, -0.2) is 8.78 Å². The summed E-state index contributed by atoms with van der Waals surface area (Å²) in [5.74, 6) is -0.146. The molecule has 0 saturated heterocycles. The van der Waals surface area contributed by atoms with Crippen molar-refractivity contribution < 1.29 is 13.5 Å². The van der Waals surface area contributed by atoms with Crippen LogP contribution in [0.2, 0.25) is 10.0 Å². The average molecular weight is 379 g/mol. The minimum Gasteiger partial charge on any atom is -0.489 e. The SMILES string of the molecule is Fc1ccc(Cl)c(COc2ccccc2Cc2ccc(Cl)cc2F)c1. The molecule has 128 valence electrons. The molecular weight excluding hydrogens is 365 g/mol. The molecule has 0 fully saturated rings. The molecule has 25 heavy (non-hydrogen) atoms. The Balaban J connectivity index is 1.80. The van der Waals surface area contributed by atoms with Crippen LogP contribution in [0.5, 0.6) is 5.75 Å². The summed E-state index contributed by atoms with van der Waals surface area (Å²) in [5.41, 5.74) is 1.88. The zero-order chi connectivity index (χ0) is 17.8. The van der Waals surface area contributed by atoms with Gasteiger partial charge < -0.3 is 4.74 Å². The summed E-state index contributed by atoms with van der Waals surface area (Å²) in [6.07, 6.45) is 0.357. The van der Waals surface area contributed by atoms with Crippen LogP contribution in [-0.2, 0) is 13.0 Å². The van der Waals surface area contributed by atoms with Crippen LogP contribution in [0, 0.1) is 11.6 Å². The van der Waals surface area contributed by atoms with Crippen molar-refractivity contribution in [3.05, 3.63) is 99.0 Å². The first-order chi connectivity index (χ1) is 12.0. The first kappa shape index (κ1) is 17.7. The number of rotatable bonds is 5. The lowest BCUT2D eigenvalue weighted by Crippen LogP contribution is -2.01. The summed E-state index contributed by atoms with van der Waals surface area (Å²) < 4.78 is 33.2. The normalized spacial score (nSPS) is 10.7. The largest absolute Gasteiger partial charge is 0.489 e. The van der Waals surface area contributed by atoms with Crippen molar-refractivity contribution in [2.75, 3.05) is 0 Å². The van der Waals surface area contributed by atoms with Crippen LogP contribution in [0.1, 0.15) is 16.7 Å². The van der Waals surface area contributed by atoms with E-state index in [-0.39, 0.29) is 18.2 Å². The fourth-order valence-corrected chi connectivity index (χ4v) is 2.80. The van der Waals surface area contributed by atoms with Crippen LogP contribution in [0.3, 0.4) is 0 Å². The lowest BCUT2D eigenvalue weighted by atomic mass is 10.0. The van der Waals surface area contributed by atoms with Crippen molar-refractivity contribution in [1.82, 2.24) is 0 Å². The number of ether oxygens (including phenoxy) is 1. The summed E-state index contributed by atoms with van der Waals surface area (Å²) >= 11 is 11.8. The minimum absolute atomic E-state index is 0.122. The highest BCUT2D eigenvalue weighted by Gasteiger charge is 2.10. The second kappa shape index (κ2) is 7.85. The van der Waals surface area contributed by atoms with Crippen molar-refractivity contribution in [1.29, 1.82) is 0 Å². The van der Waals surface area contributed by atoms with E-state index in [2.05, 4.69) is 0 Å². The van der Waals surface area contributed by atoms with Crippen LogP contribution in [0.4, 0.5) is 8.78 Å². The number of halogens is 4. The van der Waals surface area contributed by atoms with E-state index in [0.717, 1.165) is 5.56 Å². The highest BCUT2D eigenvalue weighted by atomic mass is 35.5. The summed E-state index contributed by atoms with van der Waals surface area (Å²) in [7, 11) is 0. The Morgan fingerprint density at radius 2 is 1.60 bits per heavy atom. The molecule has 0 aliphatic carbocycles. The summed E-state index contributed by atoms with van der Waals surface area (Å²) in [4.78, 5) is 0. The Kier molecular flexibility index (Phi) is 5.57. The van der Waals surface area contributed by atoms with Crippen molar-refractivity contribution in [3.63, 3.8) is 0 Å². The van der Waals surface area contributed by atoms with E-state index in [0.29, 0.717) is 33.3 Å². The Bertz CT molecular complexity index is 897. The van der Waals surface area contributed by atoms with Gasteiger partial charge in [0.15, 0.2) is 0 Å². The summed E-state index contributed by atoms with van der Waals surface area (Å²) in [6.45, 7) is 0.122. The maximum atomic E-state index is 14.0. The molecule has 0 spiro atoms. The van der Waals surface area contributed by atoms with E-state index in [4.69, 9.17) is 27.9 Å². The van der Waals surface area contributed by atoms with Gasteiger partial charge in [-0.15, -0.1) is 0 Å². The third kappa shape index (κ3) is 4.50. The van der Waals surface area contributed by atoms with Crippen molar-refractivity contribution in [2.24, 2.45) is 0 Å². The van der Waals surface area contributed by atoms with Crippen molar-refractivity contribution in [3.8, 4) is 5.75 Å². The molecule has 1 nitrogen and oxygen atoms in total. The lowest BCUT2D eigenvalue weighted by molar-refractivity contribution is 0.303. The molecule has 0 amide bonds. The van der Waals surface area contributed by atoms with Gasteiger partial charge in [-0.2, -0.15) is 0 Å². The molecule has 0 aromatic heterocycles. The molecule has 5 heteroatoms. The lowest BCUT2D eigenvalue weighted by Gasteiger charge is -2.13. The van der Waals surface area contributed by atoms with Crippen LogP contribution in [-0.4, -0.2) is 0 Å². The van der Waals surface area contributed by atoms with Crippen molar-refractivity contribution >= 4 is 23.2 Å². The zero-order valence-electron chi connectivity index (χ0n) is 13.1. The standard InChI is InChI=1S/C20H14Cl2F2O/c21-16-6-5-13(19(24)11-16)9-14-3-1-2-4-20(14)25-12-15-10-17(23)7-8-18(15)22/h1-8,10-11H,9,12H2. The molecule has 0 bridgehead atoms. The van der Waals surface area contributed by atoms with E-state index in [1.807, 2.05) is 18.2 Å². The van der Waals surface area contributed by atoms with E-state index in [1.165, 1.54) is 24.3 Å². The quantitative estimate of drug-likeness (QED) is 0.496. The fraction of sp³-hybridized carbons (Fsp3) is 0.100. The van der Waals surface area contributed by atoms with Crippen LogP contribution >= 0.6 is 23.2 Å². The Hall–Kier alpha value is -2.10. The van der Waals surface area contributed by atoms with Crippen LogP contribution in [0.15, 0.2) is 60.7 Å². The molecule has 0 radical (unpaired) electrons. The first-order valence-electron chi connectivity index (χ1n) is 7.61. The van der Waals surface area contributed by atoms with E-state index in [1.54, 1.807) is 18.2 Å². The molecule has 0 unspecified atom stereocenters. The fourth-order valence-electron chi connectivity index (χ4n) is 2.47. The molecule has 3 rings (SSSR count). The Morgan fingerprint density at radius 3 is 2.40 bits per heavy atom. The van der Waals surface area contributed by atoms with Crippen molar-refractivity contribution in [2.45, 2.75) is 13.0 Å². The predicted molar refractivity (Wildman–Crippen MR) is 96.4 cm³/mol. The van der Waals surface area contributed by atoms with Gasteiger partial charge in [-0.05, 0) is 47.5 Å². The van der Waals surface area contributed by atoms with E-state index < -0.39 is 0 Å². The summed E-state index contributed by atoms with van der Waals surface area (Å²) in [5, 5.41) is 0.786. The van der Waals surface area contributed by atoms with Gasteiger partial charge in [0.05, 0.1) is 0 Å². The van der Waals surface area contributed by atoms with Crippen LogP contribution in [0.25, 0.3) is 0 Å². The Labute approximate surface area is 154 Å². The molecular formula is C20H14Cl2F2O. The van der Waals surface area contributed by atoms with Gasteiger partial charge in [0.1, 0.15) is 24.0 Å². The zero-order valence-corrected chi connectivity index (χ0v) is 14.6. The third-order valence-electron chi connectivity index (χ3n) is 3.76. The maximum absolute atomic E-state index is 14.0. The monoisotopic (exact) mass is 378 g/mol. The second-order valence-electron chi connectivity index (χ2n) is 5.54. The number of benzene rings is 3. The van der Waals surface area contributed by atoms with E-state index in [9.17, 15) is 8.78 Å². The van der Waals surface area contributed by atoms with Gasteiger partial charge in [0, 0.05) is 22.0 Å². The molecule has 0 N–H and O–H groups in total. The number of hydrogen-bond acceptors (Lipinski definition) is 1. The number of para-hydroxylation sites is 1. The maximum Gasteiger partial charge on any atom is 0.128 e. The molecule has 3 aromatic carbocycles. The topological polar surface area (TPSA) is 9.23 Å². The smallest absolute Gasteiger partial charge is 0.128 e. The molecule has 3 aromatic rings. The molecule has 0 saturated carbocycles. The first-order valence-corrected chi connectivity index (χ1v) is 8.37. The third-order valence-corrected chi connectivity index (χ3v) is 4.36. The number of hydrogen-bond donors (Lipinski definition) is 0. The van der Waals surface area contributed by atoms with Gasteiger partial charge >= 0.3 is 0 Å². The van der Waals surface area contributed by atoms with Crippen LogP contribution < -0.4 is 4.74 Å². The van der Waals surface area contributed by atoms with Gasteiger partial charge in [0.2, 0.25) is 0 Å². The molecule has 0 aliphatic rings. The molecule has 0 aliphatic heterocycles. The Morgan fingerprint density at radius 1 is 0.800 bits per heavy atom. The molecule has 0 heterocycles. The van der Waals surface area contributed by atoms with Gasteiger partial charge in [-0.1, -0.05) is 47.5 Å². The summed E-state index contributed by atoms with van der Waals surface area (Å²) in [6, 6.07) is 16.0. The van der Waals surface area contributed by atoms with E-state index >= 15 is 0 Å². The average Bonchev–Trinajstić information content (AvgIpc) is 2.59. The highest BCUT2D eigenvalue weighted by molar-refractivity contribution is 6.31. The highest BCUT2D eigenvalue weighted by Crippen LogP contribution is 2.26. The van der Waals surface area contributed by atoms with Gasteiger partial charge in [-0.3, -0.25) is 0 Å². The predicted octanol–water partition coefficient (Wildman–Crippen LogP) is 6.44. The minimum atomic E-state index is -0.375. The van der Waals surface area contributed by atoms with Gasteiger partial charge in [0.25, 0.3) is 0 Å².